The van der Waals surface area contributed by atoms with E-state index in [1.165, 1.54) is 12.1 Å². The largest absolute Gasteiger partial charge is 0.382 e. The molecule has 20 heavy (non-hydrogen) atoms. The summed E-state index contributed by atoms with van der Waals surface area (Å²) >= 11 is 0. The molecule has 1 amide bonds. The SMILES string of the molecule is CCOCCCNC(=O)c1ccccc1S(=O)(=O)CC. The first-order chi connectivity index (χ1) is 9.53. The number of amides is 1. The van der Waals surface area contributed by atoms with Crippen molar-refractivity contribution in [3.63, 3.8) is 0 Å². The quantitative estimate of drug-likeness (QED) is 0.741. The molecule has 5 nitrogen and oxygen atoms in total. The highest BCUT2D eigenvalue weighted by Crippen LogP contribution is 2.16. The second-order valence-corrected chi connectivity index (χ2v) is 6.45. The van der Waals surface area contributed by atoms with Crippen LogP contribution in [0.15, 0.2) is 29.2 Å². The number of hydrogen-bond donors (Lipinski definition) is 1. The van der Waals surface area contributed by atoms with Crippen LogP contribution < -0.4 is 5.32 Å². The summed E-state index contributed by atoms with van der Waals surface area (Å²) in [6.07, 6.45) is 0.697. The maximum atomic E-state index is 12.0. The van der Waals surface area contributed by atoms with Crippen molar-refractivity contribution in [2.75, 3.05) is 25.5 Å². The van der Waals surface area contributed by atoms with Gasteiger partial charge in [-0.25, -0.2) is 8.42 Å². The third kappa shape index (κ3) is 4.61. The lowest BCUT2D eigenvalue weighted by molar-refractivity contribution is 0.0941. The number of rotatable bonds is 8. The third-order valence-corrected chi connectivity index (χ3v) is 4.59. The lowest BCUT2D eigenvalue weighted by atomic mass is 10.2. The van der Waals surface area contributed by atoms with Gasteiger partial charge in [0.2, 0.25) is 0 Å². The van der Waals surface area contributed by atoms with Crippen LogP contribution in [0, 0.1) is 0 Å². The molecule has 0 radical (unpaired) electrons. The van der Waals surface area contributed by atoms with Crippen LogP contribution in [0.3, 0.4) is 0 Å². The van der Waals surface area contributed by atoms with Crippen molar-refractivity contribution < 1.29 is 17.9 Å². The van der Waals surface area contributed by atoms with Gasteiger partial charge in [0.05, 0.1) is 16.2 Å². The van der Waals surface area contributed by atoms with E-state index in [0.29, 0.717) is 26.2 Å². The highest BCUT2D eigenvalue weighted by atomic mass is 32.2. The summed E-state index contributed by atoms with van der Waals surface area (Å²) in [6, 6.07) is 6.27. The Kier molecular flexibility index (Phi) is 6.67. The van der Waals surface area contributed by atoms with Crippen molar-refractivity contribution in [1.29, 1.82) is 0 Å². The Morgan fingerprint density at radius 1 is 1.25 bits per heavy atom. The lowest BCUT2D eigenvalue weighted by Crippen LogP contribution is -2.27. The molecule has 0 bridgehead atoms. The average Bonchev–Trinajstić information content (AvgIpc) is 2.47. The summed E-state index contributed by atoms with van der Waals surface area (Å²) in [7, 11) is -3.40. The molecule has 0 aliphatic heterocycles. The van der Waals surface area contributed by atoms with Crippen LogP contribution in [-0.4, -0.2) is 39.8 Å². The van der Waals surface area contributed by atoms with E-state index >= 15 is 0 Å². The van der Waals surface area contributed by atoms with Gasteiger partial charge in [0.25, 0.3) is 5.91 Å². The molecule has 1 aromatic carbocycles. The molecule has 0 unspecified atom stereocenters. The summed E-state index contributed by atoms with van der Waals surface area (Å²) in [5, 5.41) is 2.71. The fourth-order valence-corrected chi connectivity index (χ4v) is 2.79. The second kappa shape index (κ2) is 8.01. The maximum Gasteiger partial charge on any atom is 0.252 e. The third-order valence-electron chi connectivity index (χ3n) is 2.80. The fraction of sp³-hybridized carbons (Fsp3) is 0.500. The van der Waals surface area contributed by atoms with Crippen molar-refractivity contribution >= 4 is 15.7 Å². The zero-order valence-corrected chi connectivity index (χ0v) is 12.7. The van der Waals surface area contributed by atoms with Gasteiger partial charge >= 0.3 is 0 Å². The summed E-state index contributed by atoms with van der Waals surface area (Å²) in [5.74, 6) is -0.393. The zero-order valence-electron chi connectivity index (χ0n) is 11.9. The number of benzene rings is 1. The van der Waals surface area contributed by atoms with Gasteiger partial charge < -0.3 is 10.1 Å². The predicted octanol–water partition coefficient (Wildman–Crippen LogP) is 1.64. The molecule has 0 saturated carbocycles. The molecule has 0 atom stereocenters. The molecule has 0 aliphatic carbocycles. The van der Waals surface area contributed by atoms with Gasteiger partial charge in [-0.3, -0.25) is 4.79 Å². The van der Waals surface area contributed by atoms with Gasteiger partial charge in [0.15, 0.2) is 9.84 Å². The molecule has 6 heteroatoms. The molecule has 0 spiro atoms. The monoisotopic (exact) mass is 299 g/mol. The number of carbonyl (C=O) groups is 1. The average molecular weight is 299 g/mol. The van der Waals surface area contributed by atoms with Gasteiger partial charge in [-0.05, 0) is 25.5 Å². The topological polar surface area (TPSA) is 72.5 Å². The van der Waals surface area contributed by atoms with E-state index in [4.69, 9.17) is 4.74 Å². The summed E-state index contributed by atoms with van der Waals surface area (Å²) in [5.41, 5.74) is 0.200. The predicted molar refractivity (Wildman–Crippen MR) is 77.6 cm³/mol. The van der Waals surface area contributed by atoms with Gasteiger partial charge in [-0.1, -0.05) is 19.1 Å². The molecular formula is C14H21NO4S. The number of carbonyl (C=O) groups excluding carboxylic acids is 1. The Morgan fingerprint density at radius 3 is 2.60 bits per heavy atom. The Hall–Kier alpha value is -1.40. The van der Waals surface area contributed by atoms with Crippen molar-refractivity contribution in [2.45, 2.75) is 25.2 Å². The van der Waals surface area contributed by atoms with E-state index in [-0.39, 0.29) is 22.1 Å². The van der Waals surface area contributed by atoms with Crippen LogP contribution in [0.5, 0.6) is 0 Å². The van der Waals surface area contributed by atoms with Crippen LogP contribution in [0.2, 0.25) is 0 Å². The molecule has 0 fully saturated rings. The van der Waals surface area contributed by atoms with Gasteiger partial charge in [-0.2, -0.15) is 0 Å². The minimum Gasteiger partial charge on any atom is -0.382 e. The summed E-state index contributed by atoms with van der Waals surface area (Å²) < 4.78 is 29.1. The van der Waals surface area contributed by atoms with Crippen molar-refractivity contribution in [3.8, 4) is 0 Å². The van der Waals surface area contributed by atoms with Gasteiger partial charge in [-0.15, -0.1) is 0 Å². The normalized spacial score (nSPS) is 11.3. The molecule has 112 valence electrons. The summed E-state index contributed by atoms with van der Waals surface area (Å²) in [6.45, 7) is 5.15. The van der Waals surface area contributed by atoms with Crippen LogP contribution in [0.4, 0.5) is 0 Å². The van der Waals surface area contributed by atoms with Crippen molar-refractivity contribution in [1.82, 2.24) is 5.32 Å². The molecule has 1 rings (SSSR count). The van der Waals surface area contributed by atoms with Crippen LogP contribution in [0.1, 0.15) is 30.6 Å². The zero-order chi connectivity index (χ0) is 15.0. The molecule has 0 saturated heterocycles. The molecule has 0 aliphatic rings. The van der Waals surface area contributed by atoms with E-state index in [2.05, 4.69) is 5.32 Å². The Labute approximate surface area is 120 Å². The number of hydrogen-bond acceptors (Lipinski definition) is 4. The number of nitrogens with one attached hydrogen (secondary N) is 1. The van der Waals surface area contributed by atoms with E-state index in [1.54, 1.807) is 19.1 Å². The standard InChI is InChI=1S/C14H21NO4S/c1-3-19-11-7-10-15-14(16)12-8-5-6-9-13(12)20(17,18)4-2/h5-6,8-9H,3-4,7,10-11H2,1-2H3,(H,15,16). The van der Waals surface area contributed by atoms with Gasteiger partial charge in [0.1, 0.15) is 0 Å². The number of sulfone groups is 1. The van der Waals surface area contributed by atoms with Crippen LogP contribution >= 0.6 is 0 Å². The van der Waals surface area contributed by atoms with E-state index in [9.17, 15) is 13.2 Å². The van der Waals surface area contributed by atoms with E-state index in [1.807, 2.05) is 6.92 Å². The Morgan fingerprint density at radius 2 is 1.95 bits per heavy atom. The summed E-state index contributed by atoms with van der Waals surface area (Å²) in [4.78, 5) is 12.1. The van der Waals surface area contributed by atoms with Crippen molar-refractivity contribution in [3.05, 3.63) is 29.8 Å². The molecule has 1 N–H and O–H groups in total. The first-order valence-corrected chi connectivity index (χ1v) is 8.35. The molecule has 0 heterocycles. The molecule has 1 aromatic rings. The number of ether oxygens (including phenoxy) is 1. The van der Waals surface area contributed by atoms with Crippen LogP contribution in [-0.2, 0) is 14.6 Å². The molecule has 0 aromatic heterocycles. The second-order valence-electron chi connectivity index (χ2n) is 4.21. The molecular weight excluding hydrogens is 278 g/mol. The van der Waals surface area contributed by atoms with Gasteiger partial charge in [0, 0.05) is 19.8 Å². The van der Waals surface area contributed by atoms with E-state index in [0.717, 1.165) is 0 Å². The first kappa shape index (κ1) is 16.7. The lowest BCUT2D eigenvalue weighted by Gasteiger charge is -2.10. The minimum absolute atomic E-state index is 0.0262. The van der Waals surface area contributed by atoms with Crippen molar-refractivity contribution in [2.24, 2.45) is 0 Å². The highest BCUT2D eigenvalue weighted by Gasteiger charge is 2.19. The fourth-order valence-electron chi connectivity index (χ4n) is 1.70. The van der Waals surface area contributed by atoms with E-state index < -0.39 is 9.84 Å². The highest BCUT2D eigenvalue weighted by molar-refractivity contribution is 7.91. The maximum absolute atomic E-state index is 12.0. The Bertz CT molecular complexity index is 540. The smallest absolute Gasteiger partial charge is 0.252 e. The Balaban J connectivity index is 2.74. The first-order valence-electron chi connectivity index (χ1n) is 6.70. The van der Waals surface area contributed by atoms with Crippen LogP contribution in [0.25, 0.3) is 0 Å². The minimum atomic E-state index is -3.40.